The van der Waals surface area contributed by atoms with Crippen LogP contribution in [0.2, 0.25) is 0 Å². The van der Waals surface area contributed by atoms with Gasteiger partial charge in [0.2, 0.25) is 6.41 Å². The van der Waals surface area contributed by atoms with E-state index in [-0.39, 0.29) is 0 Å². The van der Waals surface area contributed by atoms with Crippen molar-refractivity contribution in [2.45, 2.75) is 6.42 Å². The molecule has 2 aliphatic rings. The maximum atomic E-state index is 10.9. The third-order valence-electron chi connectivity index (χ3n) is 7.21. The lowest BCUT2D eigenvalue weighted by molar-refractivity contribution is -0.117. The number of fused-ring (bicyclic) bond motifs is 2. The van der Waals surface area contributed by atoms with Gasteiger partial charge in [-0.2, -0.15) is 0 Å². The first kappa shape index (κ1) is 27.2. The van der Waals surface area contributed by atoms with E-state index in [9.17, 15) is 4.79 Å². The number of piperazine rings is 1. The van der Waals surface area contributed by atoms with Gasteiger partial charge in [-0.1, -0.05) is 6.08 Å². The number of likely N-dealkylation sites (N-methyl/N-ethyl adjacent to an activating group) is 2. The molecule has 3 aromatic heterocycles. The van der Waals surface area contributed by atoms with Crippen LogP contribution in [-0.2, 0) is 4.79 Å². The van der Waals surface area contributed by atoms with Crippen molar-refractivity contribution >= 4 is 56.1 Å². The molecule has 0 spiro atoms. The topological polar surface area (TPSA) is 96.5 Å². The van der Waals surface area contributed by atoms with Crippen LogP contribution < -0.4 is 5.32 Å². The highest BCUT2D eigenvalue weighted by Gasteiger charge is 2.16. The molecule has 5 heterocycles. The van der Waals surface area contributed by atoms with E-state index in [1.807, 2.05) is 17.6 Å². The molecule has 1 saturated heterocycles. The van der Waals surface area contributed by atoms with E-state index in [2.05, 4.69) is 79.3 Å². The van der Waals surface area contributed by atoms with Crippen molar-refractivity contribution in [1.29, 1.82) is 0 Å². The summed E-state index contributed by atoms with van der Waals surface area (Å²) in [5, 5.41) is 4.34. The largest absolute Gasteiger partial charge is 0.341 e. The average molecular weight is 548 g/mol. The Bertz CT molecular complexity index is 1420. The zero-order valence-electron chi connectivity index (χ0n) is 22.9. The zero-order valence-corrected chi connectivity index (χ0v) is 23.7. The highest BCUT2D eigenvalue weighted by Crippen LogP contribution is 2.30. The van der Waals surface area contributed by atoms with Gasteiger partial charge in [-0.3, -0.25) is 9.69 Å². The summed E-state index contributed by atoms with van der Waals surface area (Å²) >= 11 is 1.61. The fourth-order valence-corrected chi connectivity index (χ4v) is 5.44. The van der Waals surface area contributed by atoms with Crippen LogP contribution in [0.4, 0.5) is 11.5 Å². The Morgan fingerprint density at radius 1 is 1.10 bits per heavy atom. The number of carbonyl (C=O) groups excluding carboxylic acids is 1. The van der Waals surface area contributed by atoms with Gasteiger partial charge in [0.15, 0.2) is 0 Å². The molecule has 0 saturated carbocycles. The van der Waals surface area contributed by atoms with Crippen molar-refractivity contribution in [2.75, 3.05) is 78.8 Å². The predicted molar refractivity (Wildman–Crippen MR) is 160 cm³/mol. The quantitative estimate of drug-likeness (QED) is 0.340. The molecule has 0 atom stereocenters. The van der Waals surface area contributed by atoms with Crippen molar-refractivity contribution < 1.29 is 4.79 Å². The number of aromatic amines is 1. The summed E-state index contributed by atoms with van der Waals surface area (Å²) in [6, 6.07) is 8.15. The summed E-state index contributed by atoms with van der Waals surface area (Å²) in [4.78, 5) is 36.3. The van der Waals surface area contributed by atoms with E-state index in [4.69, 9.17) is 0 Å². The fourth-order valence-electron chi connectivity index (χ4n) is 4.72. The second-order valence-electron chi connectivity index (χ2n) is 10.4. The molecule has 0 aliphatic carbocycles. The van der Waals surface area contributed by atoms with Gasteiger partial charge in [-0.25, -0.2) is 15.0 Å². The van der Waals surface area contributed by atoms with Gasteiger partial charge >= 0.3 is 0 Å². The molecule has 4 aromatic rings. The molecule has 6 rings (SSSR count). The molecule has 206 valence electrons. The molecule has 1 fully saturated rings. The van der Waals surface area contributed by atoms with E-state index >= 15 is 0 Å². The van der Waals surface area contributed by atoms with Gasteiger partial charge in [0.1, 0.15) is 17.8 Å². The number of amides is 1. The molecular formula is C28H37N9OS. The summed E-state index contributed by atoms with van der Waals surface area (Å²) in [6.07, 6.45) is 5.36. The molecule has 1 amide bonds. The van der Waals surface area contributed by atoms with Crippen molar-refractivity contribution in [3.63, 3.8) is 0 Å². The van der Waals surface area contributed by atoms with Gasteiger partial charge in [0.05, 0.1) is 21.1 Å². The first-order chi connectivity index (χ1) is 19.0. The lowest BCUT2D eigenvalue weighted by Crippen LogP contribution is -2.46. The van der Waals surface area contributed by atoms with Crippen molar-refractivity contribution in [3.8, 4) is 0 Å². The van der Waals surface area contributed by atoms with E-state index in [0.717, 1.165) is 57.8 Å². The van der Waals surface area contributed by atoms with Gasteiger partial charge in [-0.15, -0.1) is 11.3 Å². The first-order valence-corrected chi connectivity index (χ1v) is 14.2. The number of benzene rings is 1. The smallest absolute Gasteiger partial charge is 0.209 e. The van der Waals surface area contributed by atoms with Crippen LogP contribution in [0.5, 0.6) is 0 Å². The number of anilines is 2. The van der Waals surface area contributed by atoms with Crippen LogP contribution in [0.1, 0.15) is 12.1 Å². The highest BCUT2D eigenvalue weighted by atomic mass is 32.1. The maximum absolute atomic E-state index is 10.9. The molecule has 2 aliphatic heterocycles. The number of thiazole rings is 1. The number of hydrogen-bond donors (Lipinski definition) is 2. The normalized spacial score (nSPS) is 16.8. The van der Waals surface area contributed by atoms with Crippen LogP contribution in [-0.4, -0.2) is 119 Å². The zero-order chi connectivity index (χ0) is 27.2. The van der Waals surface area contributed by atoms with E-state index in [0.29, 0.717) is 6.54 Å². The first-order valence-electron chi connectivity index (χ1n) is 13.4. The average Bonchev–Trinajstić information content (AvgIpc) is 3.61. The molecule has 2 N–H and O–H groups in total. The molecule has 39 heavy (non-hydrogen) atoms. The lowest BCUT2D eigenvalue weighted by atomic mass is 10.1. The van der Waals surface area contributed by atoms with Crippen LogP contribution in [0, 0.1) is 0 Å². The lowest BCUT2D eigenvalue weighted by Gasteiger charge is -2.32. The number of nitrogens with one attached hydrogen (secondary N) is 2. The Balaban J connectivity index is 0.000000217. The minimum atomic E-state index is 0.639. The predicted octanol–water partition coefficient (Wildman–Crippen LogP) is 3.35. The van der Waals surface area contributed by atoms with Crippen LogP contribution in [0.3, 0.4) is 0 Å². The second-order valence-corrected chi connectivity index (χ2v) is 11.2. The molecule has 0 bridgehead atoms. The van der Waals surface area contributed by atoms with Crippen LogP contribution in [0.25, 0.3) is 26.8 Å². The third-order valence-corrected chi connectivity index (χ3v) is 8.01. The molecule has 0 radical (unpaired) electrons. The van der Waals surface area contributed by atoms with Crippen molar-refractivity contribution in [1.82, 2.24) is 39.5 Å². The number of hydrogen-bond acceptors (Lipinski definition) is 9. The summed E-state index contributed by atoms with van der Waals surface area (Å²) in [5.74, 6) is 0.761. The highest BCUT2D eigenvalue weighted by molar-refractivity contribution is 7.16. The number of aromatic nitrogens is 4. The van der Waals surface area contributed by atoms with Crippen LogP contribution in [0.15, 0.2) is 42.2 Å². The standard InChI is InChI=1S/C19H16N6OS.C9H21N3/c26-11-25-5-3-12(4-6-25)16-8-14-18(20-9-21-19(14)24-16)23-13-1-2-15-17(7-13)27-10-22-15;1-10(2)4-7-12-8-5-11(3)6-9-12/h1-3,7-11H,4-6H2,(H2,20,21,23,24);4-9H2,1-3H3. The summed E-state index contributed by atoms with van der Waals surface area (Å²) < 4.78 is 1.13. The summed E-state index contributed by atoms with van der Waals surface area (Å²) in [7, 11) is 6.47. The van der Waals surface area contributed by atoms with Gasteiger partial charge in [0, 0.05) is 63.7 Å². The Kier molecular flexibility index (Phi) is 8.82. The third kappa shape index (κ3) is 6.99. The number of H-pyrrole nitrogens is 1. The Hall–Kier alpha value is -3.38. The van der Waals surface area contributed by atoms with E-state index in [1.54, 1.807) is 22.6 Å². The van der Waals surface area contributed by atoms with Gasteiger partial charge in [0.25, 0.3) is 0 Å². The van der Waals surface area contributed by atoms with E-state index < -0.39 is 0 Å². The Labute approximate surface area is 233 Å². The van der Waals surface area contributed by atoms with Gasteiger partial charge in [-0.05, 0) is 57.4 Å². The minimum absolute atomic E-state index is 0.639. The van der Waals surface area contributed by atoms with E-state index in [1.165, 1.54) is 44.8 Å². The number of carbonyl (C=O) groups is 1. The SMILES string of the molecule is CN(C)CCN1CCN(C)CC1.O=CN1CC=C(c2cc3c(Nc4ccc5ncsc5c4)ncnc3[nH]2)CC1. The van der Waals surface area contributed by atoms with Crippen molar-refractivity contribution in [3.05, 3.63) is 47.9 Å². The molecule has 10 nitrogen and oxygen atoms in total. The summed E-state index contributed by atoms with van der Waals surface area (Å²) in [5.41, 5.74) is 6.82. The maximum Gasteiger partial charge on any atom is 0.209 e. The molecular weight excluding hydrogens is 510 g/mol. The molecule has 0 unspecified atom stereocenters. The number of rotatable bonds is 7. The van der Waals surface area contributed by atoms with Crippen LogP contribution >= 0.6 is 11.3 Å². The molecule has 1 aromatic carbocycles. The van der Waals surface area contributed by atoms with Crippen molar-refractivity contribution in [2.24, 2.45) is 0 Å². The van der Waals surface area contributed by atoms with Gasteiger partial charge < -0.3 is 25.0 Å². The Morgan fingerprint density at radius 2 is 1.95 bits per heavy atom. The Morgan fingerprint density at radius 3 is 2.69 bits per heavy atom. The summed E-state index contributed by atoms with van der Waals surface area (Å²) in [6.45, 7) is 8.72. The second kappa shape index (κ2) is 12.6. The fraction of sp³-hybridized carbons (Fsp3) is 0.429. The minimum Gasteiger partial charge on any atom is -0.341 e. The molecule has 11 heteroatoms. The monoisotopic (exact) mass is 547 g/mol. The number of nitrogens with zero attached hydrogens (tertiary/aromatic N) is 7.